The van der Waals surface area contributed by atoms with E-state index in [0.29, 0.717) is 11.4 Å². The van der Waals surface area contributed by atoms with Crippen LogP contribution in [0.2, 0.25) is 0 Å². The first-order valence-electron chi connectivity index (χ1n) is 8.15. The molecular weight excluding hydrogens is 334 g/mol. The van der Waals surface area contributed by atoms with Crippen LogP contribution in [0.25, 0.3) is 0 Å². The van der Waals surface area contributed by atoms with Gasteiger partial charge in [0.05, 0.1) is 0 Å². The molecule has 2 aromatic carbocycles. The zero-order valence-corrected chi connectivity index (χ0v) is 14.5. The minimum atomic E-state index is -0.493. The van der Waals surface area contributed by atoms with E-state index in [-0.39, 0.29) is 25.4 Å². The lowest BCUT2D eigenvalue weighted by atomic mass is 10.2. The van der Waals surface area contributed by atoms with Gasteiger partial charge in [-0.25, -0.2) is 0 Å². The second-order valence-electron chi connectivity index (χ2n) is 5.61. The molecule has 0 fully saturated rings. The Morgan fingerprint density at radius 2 is 1.42 bits per heavy atom. The maximum absolute atomic E-state index is 11.7. The van der Waals surface area contributed by atoms with E-state index in [4.69, 9.17) is 4.74 Å². The van der Waals surface area contributed by atoms with E-state index in [1.807, 2.05) is 25.1 Å². The van der Waals surface area contributed by atoms with Crippen molar-refractivity contribution in [1.29, 1.82) is 0 Å². The van der Waals surface area contributed by atoms with E-state index in [2.05, 4.69) is 16.2 Å². The van der Waals surface area contributed by atoms with Crippen LogP contribution in [0.1, 0.15) is 18.4 Å². The maximum atomic E-state index is 11.7. The van der Waals surface area contributed by atoms with E-state index in [0.717, 1.165) is 5.56 Å². The molecule has 7 nitrogen and oxygen atoms in total. The van der Waals surface area contributed by atoms with Crippen molar-refractivity contribution in [3.63, 3.8) is 0 Å². The summed E-state index contributed by atoms with van der Waals surface area (Å²) in [6.45, 7) is 1.73. The molecule has 2 aromatic rings. The van der Waals surface area contributed by atoms with Gasteiger partial charge in [0.2, 0.25) is 11.8 Å². The van der Waals surface area contributed by atoms with Crippen molar-refractivity contribution in [2.75, 3.05) is 11.9 Å². The third-order valence-corrected chi connectivity index (χ3v) is 3.37. The highest BCUT2D eigenvalue weighted by molar-refractivity contribution is 5.93. The number of carbonyl (C=O) groups excluding carboxylic acids is 3. The Kier molecular flexibility index (Phi) is 7.17. The number of ether oxygens (including phenoxy) is 1. The van der Waals surface area contributed by atoms with Crippen LogP contribution < -0.4 is 20.9 Å². The van der Waals surface area contributed by atoms with Crippen LogP contribution in [0.3, 0.4) is 0 Å². The van der Waals surface area contributed by atoms with Gasteiger partial charge in [-0.05, 0) is 31.2 Å². The van der Waals surface area contributed by atoms with Gasteiger partial charge in [0.15, 0.2) is 6.61 Å². The number of carbonyl (C=O) groups is 3. The highest BCUT2D eigenvalue weighted by atomic mass is 16.5. The fraction of sp³-hybridized carbons (Fsp3) is 0.211. The summed E-state index contributed by atoms with van der Waals surface area (Å²) in [7, 11) is 0. The molecule has 0 radical (unpaired) electrons. The summed E-state index contributed by atoms with van der Waals surface area (Å²) < 4.78 is 5.29. The molecule has 0 aliphatic rings. The third-order valence-electron chi connectivity index (χ3n) is 3.37. The van der Waals surface area contributed by atoms with Gasteiger partial charge in [-0.3, -0.25) is 25.2 Å². The highest BCUT2D eigenvalue weighted by Crippen LogP contribution is 2.10. The van der Waals surface area contributed by atoms with Crippen molar-refractivity contribution in [1.82, 2.24) is 10.9 Å². The molecule has 0 atom stereocenters. The normalized spacial score (nSPS) is 9.88. The molecule has 2 rings (SSSR count). The van der Waals surface area contributed by atoms with Gasteiger partial charge in [0.1, 0.15) is 5.75 Å². The van der Waals surface area contributed by atoms with E-state index >= 15 is 0 Å². The van der Waals surface area contributed by atoms with Crippen molar-refractivity contribution < 1.29 is 19.1 Å². The van der Waals surface area contributed by atoms with E-state index in [9.17, 15) is 14.4 Å². The Bertz CT molecular complexity index is 745. The Morgan fingerprint density at radius 3 is 2.12 bits per heavy atom. The minimum Gasteiger partial charge on any atom is -0.484 e. The number of rotatable bonds is 7. The van der Waals surface area contributed by atoms with Gasteiger partial charge in [-0.15, -0.1) is 0 Å². The smallest absolute Gasteiger partial charge is 0.276 e. The molecule has 3 amide bonds. The summed E-state index contributed by atoms with van der Waals surface area (Å²) in [5, 5.41) is 2.68. The number of anilines is 1. The Morgan fingerprint density at radius 1 is 0.808 bits per heavy atom. The molecule has 0 heterocycles. The van der Waals surface area contributed by atoms with Crippen LogP contribution in [0.15, 0.2) is 54.6 Å². The third kappa shape index (κ3) is 7.04. The van der Waals surface area contributed by atoms with Crippen molar-refractivity contribution in [2.24, 2.45) is 0 Å². The average molecular weight is 355 g/mol. The molecule has 136 valence electrons. The number of amides is 3. The van der Waals surface area contributed by atoms with Gasteiger partial charge in [0, 0.05) is 18.5 Å². The number of hydrogen-bond acceptors (Lipinski definition) is 4. The fourth-order valence-corrected chi connectivity index (χ4v) is 1.99. The summed E-state index contributed by atoms with van der Waals surface area (Å²) in [6.07, 6.45) is -0.0335. The Labute approximate surface area is 151 Å². The maximum Gasteiger partial charge on any atom is 0.276 e. The molecule has 0 bridgehead atoms. The van der Waals surface area contributed by atoms with Gasteiger partial charge in [0.25, 0.3) is 5.91 Å². The SMILES string of the molecule is Cc1ccc(OCC(=O)NNC(=O)CCC(=O)Nc2ccccc2)cc1. The second-order valence-corrected chi connectivity index (χ2v) is 5.61. The fourth-order valence-electron chi connectivity index (χ4n) is 1.99. The van der Waals surface area contributed by atoms with Gasteiger partial charge in [-0.2, -0.15) is 0 Å². The van der Waals surface area contributed by atoms with Crippen LogP contribution in [-0.4, -0.2) is 24.3 Å². The van der Waals surface area contributed by atoms with Crippen LogP contribution in [-0.2, 0) is 14.4 Å². The summed E-state index contributed by atoms with van der Waals surface area (Å²) in [5.74, 6) is -0.667. The number of benzene rings is 2. The van der Waals surface area contributed by atoms with Crippen molar-refractivity contribution in [3.05, 3.63) is 60.2 Å². The number of aryl methyl sites for hydroxylation is 1. The number of nitrogens with one attached hydrogen (secondary N) is 3. The summed E-state index contributed by atoms with van der Waals surface area (Å²) in [4.78, 5) is 35.0. The zero-order valence-electron chi connectivity index (χ0n) is 14.5. The standard InChI is InChI=1S/C19H21N3O4/c1-14-7-9-16(10-8-14)26-13-19(25)22-21-18(24)12-11-17(23)20-15-5-3-2-4-6-15/h2-10H,11-13H2,1H3,(H,20,23)(H,21,24)(H,22,25). The van der Waals surface area contributed by atoms with E-state index < -0.39 is 11.8 Å². The van der Waals surface area contributed by atoms with Gasteiger partial charge < -0.3 is 10.1 Å². The average Bonchev–Trinajstić information content (AvgIpc) is 2.65. The van der Waals surface area contributed by atoms with Crippen LogP contribution in [0.5, 0.6) is 5.75 Å². The number of para-hydroxylation sites is 1. The first-order valence-corrected chi connectivity index (χ1v) is 8.15. The lowest BCUT2D eigenvalue weighted by Crippen LogP contribution is -2.44. The summed E-state index contributed by atoms with van der Waals surface area (Å²) >= 11 is 0. The molecule has 0 aromatic heterocycles. The van der Waals surface area contributed by atoms with Crippen molar-refractivity contribution in [3.8, 4) is 5.75 Å². The topological polar surface area (TPSA) is 96.5 Å². The zero-order chi connectivity index (χ0) is 18.8. The van der Waals surface area contributed by atoms with Crippen molar-refractivity contribution >= 4 is 23.4 Å². The summed E-state index contributed by atoms with van der Waals surface area (Å²) in [6, 6.07) is 16.2. The lowest BCUT2D eigenvalue weighted by Gasteiger charge is -2.09. The molecule has 26 heavy (non-hydrogen) atoms. The molecule has 3 N–H and O–H groups in total. The van der Waals surface area contributed by atoms with Crippen LogP contribution in [0, 0.1) is 6.92 Å². The molecule has 0 unspecified atom stereocenters. The molecule has 0 saturated carbocycles. The van der Waals surface area contributed by atoms with Crippen molar-refractivity contribution in [2.45, 2.75) is 19.8 Å². The molecule has 0 saturated heterocycles. The monoisotopic (exact) mass is 355 g/mol. The highest BCUT2D eigenvalue weighted by Gasteiger charge is 2.09. The largest absolute Gasteiger partial charge is 0.484 e. The van der Waals surface area contributed by atoms with Gasteiger partial charge in [-0.1, -0.05) is 35.9 Å². The first-order chi connectivity index (χ1) is 12.5. The number of hydrogen-bond donors (Lipinski definition) is 3. The molecular formula is C19H21N3O4. The van der Waals surface area contributed by atoms with E-state index in [1.165, 1.54) is 0 Å². The first kappa shape index (κ1) is 19.0. The lowest BCUT2D eigenvalue weighted by molar-refractivity contribution is -0.130. The Hall–Kier alpha value is -3.35. The molecule has 0 aliphatic heterocycles. The molecule has 0 aliphatic carbocycles. The van der Waals surface area contributed by atoms with Gasteiger partial charge >= 0.3 is 0 Å². The summed E-state index contributed by atoms with van der Waals surface area (Å²) in [5.41, 5.74) is 6.25. The second kappa shape index (κ2) is 9.83. The number of hydrazine groups is 1. The predicted octanol–water partition coefficient (Wildman–Crippen LogP) is 1.94. The molecule has 7 heteroatoms. The Balaban J connectivity index is 1.61. The van der Waals surface area contributed by atoms with E-state index in [1.54, 1.807) is 36.4 Å². The minimum absolute atomic E-state index is 0.0104. The quantitative estimate of drug-likeness (QED) is 0.661. The molecule has 0 spiro atoms. The van der Waals surface area contributed by atoms with Crippen LogP contribution in [0.4, 0.5) is 5.69 Å². The van der Waals surface area contributed by atoms with Crippen LogP contribution >= 0.6 is 0 Å². The predicted molar refractivity (Wildman–Crippen MR) is 97.3 cm³/mol.